The molecule has 0 spiro atoms. The number of carbonyl (C=O) groups excluding carboxylic acids is 1. The molecule has 6 fully saturated rings. The molecule has 0 unspecified atom stereocenters. The Balaban J connectivity index is 1.13. The Labute approximate surface area is 347 Å². The summed E-state index contributed by atoms with van der Waals surface area (Å²) in [6, 6.07) is 0. The number of carbonyl (C=O) groups is 1. The first-order valence-electron chi connectivity index (χ1n) is 21.5. The van der Waals surface area contributed by atoms with Gasteiger partial charge in [0.2, 0.25) is 6.29 Å². The van der Waals surface area contributed by atoms with Crippen LogP contribution in [-0.4, -0.2) is 135 Å². The van der Waals surface area contributed by atoms with Gasteiger partial charge in [0.25, 0.3) is 0 Å². The van der Waals surface area contributed by atoms with Crippen LogP contribution in [0.3, 0.4) is 0 Å². The van der Waals surface area contributed by atoms with Gasteiger partial charge in [-0.15, -0.1) is 0 Å². The van der Waals surface area contributed by atoms with Gasteiger partial charge in [-0.1, -0.05) is 60.1 Å². The molecule has 0 aromatic rings. The van der Waals surface area contributed by atoms with Crippen molar-refractivity contribution >= 4 is 16.4 Å². The molecule has 0 aromatic heterocycles. The van der Waals surface area contributed by atoms with Crippen molar-refractivity contribution in [2.24, 2.45) is 50.2 Å². The Morgan fingerprint density at radius 3 is 2.02 bits per heavy atom. The van der Waals surface area contributed by atoms with Crippen molar-refractivity contribution < 1.29 is 76.6 Å². The minimum absolute atomic E-state index is 0.0849. The SMILES string of the molecule is CC1(C)CC[C@]2(C(=O)O[C@@H]3O[C@H](CO[C@@H]4O[C@H](CO)[C@@H](O)[C@H](O)[C@H]4O)[C@@H](O)[C@H](O)[C@H]3O)CC[C@]3(C)C(=CC[C@@H]4[C@@]5(C)CC[C@H](OS(=O)(=O)O)C(C)(C)[C@@H]5CC[C@]43C)[C@@H]2C1. The molecule has 5 aliphatic carbocycles. The fourth-order valence-corrected chi connectivity index (χ4v) is 14.3. The lowest BCUT2D eigenvalue weighted by Gasteiger charge is -2.71. The number of hydrogen-bond acceptors (Lipinski definition) is 15. The van der Waals surface area contributed by atoms with Gasteiger partial charge in [-0.2, -0.15) is 8.42 Å². The van der Waals surface area contributed by atoms with Crippen LogP contribution in [0.5, 0.6) is 0 Å². The van der Waals surface area contributed by atoms with Gasteiger partial charge in [-0.25, -0.2) is 4.18 Å². The molecule has 17 heteroatoms. The van der Waals surface area contributed by atoms with Crippen molar-refractivity contribution in [3.8, 4) is 0 Å². The quantitative estimate of drug-likeness (QED) is 0.0988. The number of fused-ring (bicyclic) bond motifs is 7. The summed E-state index contributed by atoms with van der Waals surface area (Å²) < 4.78 is 61.6. The summed E-state index contributed by atoms with van der Waals surface area (Å²) in [5.41, 5.74) is -0.848. The highest BCUT2D eigenvalue weighted by atomic mass is 32.3. The molecule has 0 amide bonds. The molecule has 0 aromatic carbocycles. The molecule has 0 radical (unpaired) electrons. The molecular weight excluding hydrogens is 793 g/mol. The largest absolute Gasteiger partial charge is 0.432 e. The van der Waals surface area contributed by atoms with E-state index in [1.54, 1.807) is 0 Å². The molecule has 2 saturated heterocycles. The number of rotatable bonds is 8. The Morgan fingerprint density at radius 2 is 1.37 bits per heavy atom. The zero-order chi connectivity index (χ0) is 43.5. The van der Waals surface area contributed by atoms with Crippen molar-refractivity contribution in [3.63, 3.8) is 0 Å². The second-order valence-electron chi connectivity index (χ2n) is 21.2. The number of allylic oxidation sites excluding steroid dienone is 2. The minimum Gasteiger partial charge on any atom is -0.432 e. The van der Waals surface area contributed by atoms with E-state index < -0.39 is 108 Å². The van der Waals surface area contributed by atoms with E-state index in [2.05, 4.69) is 54.5 Å². The average molecular weight is 861 g/mol. The lowest BCUT2D eigenvalue weighted by molar-refractivity contribution is -0.328. The monoisotopic (exact) mass is 860 g/mol. The molecule has 0 bridgehead atoms. The van der Waals surface area contributed by atoms with Crippen LogP contribution in [0.2, 0.25) is 0 Å². The predicted molar refractivity (Wildman–Crippen MR) is 208 cm³/mol. The number of esters is 1. The smallest absolute Gasteiger partial charge is 0.397 e. The normalized spacial score (nSPS) is 50.6. The van der Waals surface area contributed by atoms with Crippen LogP contribution in [0, 0.1) is 50.2 Å². The maximum atomic E-state index is 14.8. The molecule has 2 heterocycles. The second kappa shape index (κ2) is 15.4. The molecular formula is C42H68O16S. The summed E-state index contributed by atoms with van der Waals surface area (Å²) in [4.78, 5) is 14.8. The van der Waals surface area contributed by atoms with E-state index in [1.165, 1.54) is 5.57 Å². The van der Waals surface area contributed by atoms with Gasteiger partial charge in [-0.3, -0.25) is 9.35 Å². The van der Waals surface area contributed by atoms with Crippen LogP contribution in [-0.2, 0) is 38.3 Å². The van der Waals surface area contributed by atoms with Crippen molar-refractivity contribution in [2.75, 3.05) is 13.2 Å². The van der Waals surface area contributed by atoms with Crippen LogP contribution < -0.4 is 0 Å². The second-order valence-corrected chi connectivity index (χ2v) is 22.2. The Hall–Kier alpha value is -1.32. The van der Waals surface area contributed by atoms with Gasteiger partial charge in [0.15, 0.2) is 6.29 Å². The topological polar surface area (TPSA) is 259 Å². The molecule has 338 valence electrons. The first kappa shape index (κ1) is 45.7. The third-order valence-corrected chi connectivity index (χ3v) is 17.9. The maximum Gasteiger partial charge on any atom is 0.397 e. The first-order chi connectivity index (χ1) is 27.3. The summed E-state index contributed by atoms with van der Waals surface area (Å²) in [7, 11) is -4.62. The number of hydrogen-bond donors (Lipinski definition) is 8. The average Bonchev–Trinajstić information content (AvgIpc) is 3.15. The standard InChI is InChI=1S/C42H68O16S/c1-37(2)14-16-42(36(50)57-35-33(49)31(47)29(45)24(56-35)20-54-34-32(48)30(46)28(44)23(19-43)55-34)17-15-40(6)21(22(42)18-37)8-9-26-39(5)12-11-27(58-59(51,52)53)38(3,4)25(39)10-13-41(26,40)7/h8,22-35,43-49H,9-20H2,1-7H3,(H,51,52,53)/t22-,23+,24+,25-,26+,27-,28+,29+,30-,31-,32+,33+,34+,35-,39-,40+,41+,42-/m0/s1. The maximum absolute atomic E-state index is 14.8. The zero-order valence-corrected chi connectivity index (χ0v) is 36.2. The number of aliphatic hydroxyl groups excluding tert-OH is 7. The van der Waals surface area contributed by atoms with Crippen molar-refractivity contribution in [3.05, 3.63) is 11.6 Å². The zero-order valence-electron chi connectivity index (χ0n) is 35.4. The Bertz CT molecular complexity index is 1740. The van der Waals surface area contributed by atoms with Crippen molar-refractivity contribution in [1.29, 1.82) is 0 Å². The molecule has 7 rings (SSSR count). The van der Waals surface area contributed by atoms with Crippen LogP contribution in [0.4, 0.5) is 0 Å². The highest BCUT2D eigenvalue weighted by molar-refractivity contribution is 7.80. The van der Waals surface area contributed by atoms with Gasteiger partial charge in [0.05, 0.1) is 24.7 Å². The third-order valence-electron chi connectivity index (χ3n) is 17.4. The summed E-state index contributed by atoms with van der Waals surface area (Å²) >= 11 is 0. The molecule has 18 atom stereocenters. The Morgan fingerprint density at radius 1 is 0.763 bits per heavy atom. The minimum atomic E-state index is -4.62. The van der Waals surface area contributed by atoms with E-state index in [-0.39, 0.29) is 39.4 Å². The number of aliphatic hydroxyl groups is 7. The van der Waals surface area contributed by atoms with Crippen LogP contribution in [0.1, 0.15) is 113 Å². The van der Waals surface area contributed by atoms with Gasteiger partial charge in [0, 0.05) is 0 Å². The lowest BCUT2D eigenvalue weighted by atomic mass is 9.33. The Kier molecular flexibility index (Phi) is 12.0. The molecule has 4 saturated carbocycles. The van der Waals surface area contributed by atoms with E-state index in [9.17, 15) is 53.5 Å². The van der Waals surface area contributed by atoms with E-state index in [4.69, 9.17) is 23.1 Å². The van der Waals surface area contributed by atoms with Gasteiger partial charge in [0.1, 0.15) is 48.8 Å². The van der Waals surface area contributed by atoms with Crippen LogP contribution in [0.15, 0.2) is 11.6 Å². The molecule has 8 N–H and O–H groups in total. The fourth-order valence-electron chi connectivity index (χ4n) is 13.7. The predicted octanol–water partition coefficient (Wildman–Crippen LogP) is 2.14. The highest BCUT2D eigenvalue weighted by Crippen LogP contribution is 2.76. The molecule has 7 aliphatic rings. The summed E-state index contributed by atoms with van der Waals surface area (Å²) in [5, 5.41) is 73.2. The summed E-state index contributed by atoms with van der Waals surface area (Å²) in [5.74, 6) is -0.312. The lowest BCUT2D eigenvalue weighted by Crippen LogP contribution is -2.65. The van der Waals surface area contributed by atoms with Gasteiger partial charge < -0.3 is 54.7 Å². The van der Waals surface area contributed by atoms with E-state index >= 15 is 0 Å². The fraction of sp³-hybridized carbons (Fsp3) is 0.929. The first-order valence-corrected chi connectivity index (χ1v) is 22.8. The van der Waals surface area contributed by atoms with E-state index in [0.29, 0.717) is 25.7 Å². The summed E-state index contributed by atoms with van der Waals surface area (Å²) in [6.07, 6.45) is -7.34. The molecule has 16 nitrogen and oxygen atoms in total. The third kappa shape index (κ3) is 7.37. The van der Waals surface area contributed by atoms with Crippen LogP contribution >= 0.6 is 0 Å². The van der Waals surface area contributed by atoms with Crippen molar-refractivity contribution in [1.82, 2.24) is 0 Å². The number of ether oxygens (including phenoxy) is 4. The van der Waals surface area contributed by atoms with Gasteiger partial charge >= 0.3 is 16.4 Å². The van der Waals surface area contributed by atoms with E-state index in [0.717, 1.165) is 38.5 Å². The van der Waals surface area contributed by atoms with Crippen LogP contribution in [0.25, 0.3) is 0 Å². The van der Waals surface area contributed by atoms with Gasteiger partial charge in [-0.05, 0) is 109 Å². The molecule has 2 aliphatic heterocycles. The highest BCUT2D eigenvalue weighted by Gasteiger charge is 2.70. The van der Waals surface area contributed by atoms with E-state index in [1.807, 2.05) is 0 Å². The van der Waals surface area contributed by atoms with Crippen molar-refractivity contribution in [2.45, 2.75) is 180 Å². The molecule has 59 heavy (non-hydrogen) atoms. The summed E-state index contributed by atoms with van der Waals surface area (Å²) in [6.45, 7) is 14.5.